The van der Waals surface area contributed by atoms with Gasteiger partial charge in [-0.05, 0) is 35.8 Å². The van der Waals surface area contributed by atoms with Gasteiger partial charge < -0.3 is 15.7 Å². The van der Waals surface area contributed by atoms with Gasteiger partial charge >= 0.3 is 0 Å². The summed E-state index contributed by atoms with van der Waals surface area (Å²) >= 11 is 5.31. The summed E-state index contributed by atoms with van der Waals surface area (Å²) in [6, 6.07) is 21.0. The smallest absolute Gasteiger partial charge is 0.175 e. The number of anilines is 2. The fraction of sp³-hybridized carbons (Fsp3) is 0. The number of fused-ring (bicyclic) bond motifs is 1. The second-order valence-corrected chi connectivity index (χ2v) is 5.03. The quantitative estimate of drug-likeness (QED) is 0.485. The van der Waals surface area contributed by atoms with E-state index in [0.29, 0.717) is 10.8 Å². The molecule has 3 N–H and O–H groups in total. The summed E-state index contributed by atoms with van der Waals surface area (Å²) in [5, 5.41) is 18.6. The van der Waals surface area contributed by atoms with Crippen molar-refractivity contribution in [1.29, 1.82) is 0 Å². The van der Waals surface area contributed by atoms with Gasteiger partial charge in [0, 0.05) is 11.1 Å². The number of benzene rings is 3. The van der Waals surface area contributed by atoms with Crippen molar-refractivity contribution < 1.29 is 5.11 Å². The summed E-state index contributed by atoms with van der Waals surface area (Å²) in [6.45, 7) is 0. The van der Waals surface area contributed by atoms with Crippen LogP contribution in [0.1, 0.15) is 0 Å². The first-order valence-electron chi connectivity index (χ1n) is 6.58. The molecule has 0 saturated heterocycles. The van der Waals surface area contributed by atoms with Crippen molar-refractivity contribution in [1.82, 2.24) is 0 Å². The molecule has 0 saturated carbocycles. The van der Waals surface area contributed by atoms with Crippen LogP contribution in [0.2, 0.25) is 0 Å². The molecule has 3 rings (SSSR count). The Kier molecular flexibility index (Phi) is 3.71. The van der Waals surface area contributed by atoms with Crippen molar-refractivity contribution in [2.45, 2.75) is 0 Å². The van der Waals surface area contributed by atoms with E-state index in [1.165, 1.54) is 0 Å². The van der Waals surface area contributed by atoms with Crippen LogP contribution in [0.25, 0.3) is 10.8 Å². The SMILES string of the molecule is Oc1ccc2ccccc2c1NC(=S)Nc1ccccc1. The van der Waals surface area contributed by atoms with E-state index >= 15 is 0 Å². The normalized spacial score (nSPS) is 10.3. The topological polar surface area (TPSA) is 44.3 Å². The van der Waals surface area contributed by atoms with E-state index in [1.807, 2.05) is 60.7 Å². The lowest BCUT2D eigenvalue weighted by Gasteiger charge is -2.14. The van der Waals surface area contributed by atoms with E-state index in [-0.39, 0.29) is 5.75 Å². The van der Waals surface area contributed by atoms with Crippen molar-refractivity contribution in [3.63, 3.8) is 0 Å². The lowest BCUT2D eigenvalue weighted by atomic mass is 10.1. The minimum atomic E-state index is 0.172. The zero-order valence-corrected chi connectivity index (χ0v) is 12.0. The Hall–Kier alpha value is -2.59. The minimum absolute atomic E-state index is 0.172. The van der Waals surface area contributed by atoms with Crippen molar-refractivity contribution in [3.05, 3.63) is 66.7 Å². The number of para-hydroxylation sites is 1. The number of aromatic hydroxyl groups is 1. The lowest BCUT2D eigenvalue weighted by molar-refractivity contribution is 0.478. The fourth-order valence-corrected chi connectivity index (χ4v) is 2.41. The lowest BCUT2D eigenvalue weighted by Crippen LogP contribution is -2.19. The monoisotopic (exact) mass is 294 g/mol. The van der Waals surface area contributed by atoms with Crippen LogP contribution in [-0.4, -0.2) is 10.2 Å². The Bertz CT molecular complexity index is 787. The molecule has 104 valence electrons. The molecule has 0 bridgehead atoms. The Morgan fingerprint density at radius 1 is 0.810 bits per heavy atom. The number of nitrogens with one attached hydrogen (secondary N) is 2. The van der Waals surface area contributed by atoms with Gasteiger partial charge in [0.15, 0.2) is 5.11 Å². The average Bonchev–Trinajstić information content (AvgIpc) is 2.51. The average molecular weight is 294 g/mol. The zero-order valence-electron chi connectivity index (χ0n) is 11.2. The highest BCUT2D eigenvalue weighted by Gasteiger charge is 2.08. The highest BCUT2D eigenvalue weighted by atomic mass is 32.1. The van der Waals surface area contributed by atoms with Crippen molar-refractivity contribution in [2.24, 2.45) is 0 Å². The molecule has 3 aromatic rings. The van der Waals surface area contributed by atoms with E-state index in [4.69, 9.17) is 12.2 Å². The molecule has 0 amide bonds. The van der Waals surface area contributed by atoms with Crippen LogP contribution >= 0.6 is 12.2 Å². The Labute approximate surface area is 128 Å². The largest absolute Gasteiger partial charge is 0.506 e. The van der Waals surface area contributed by atoms with Crippen LogP contribution in [0.5, 0.6) is 5.75 Å². The molecule has 0 aliphatic carbocycles. The third-order valence-electron chi connectivity index (χ3n) is 3.18. The first kappa shape index (κ1) is 13.4. The van der Waals surface area contributed by atoms with E-state index < -0.39 is 0 Å². The van der Waals surface area contributed by atoms with Gasteiger partial charge in [-0.15, -0.1) is 0 Å². The molecule has 0 aliphatic heterocycles. The van der Waals surface area contributed by atoms with E-state index in [1.54, 1.807) is 6.07 Å². The molecule has 0 heterocycles. The summed E-state index contributed by atoms with van der Waals surface area (Å²) in [5.41, 5.74) is 1.51. The summed E-state index contributed by atoms with van der Waals surface area (Å²) < 4.78 is 0. The summed E-state index contributed by atoms with van der Waals surface area (Å²) in [6.07, 6.45) is 0. The molecule has 3 aromatic carbocycles. The van der Waals surface area contributed by atoms with Gasteiger partial charge in [-0.25, -0.2) is 0 Å². The summed E-state index contributed by atoms with van der Waals surface area (Å²) in [4.78, 5) is 0. The van der Waals surface area contributed by atoms with E-state index in [2.05, 4.69) is 10.6 Å². The second kappa shape index (κ2) is 5.81. The van der Waals surface area contributed by atoms with Gasteiger partial charge in [-0.3, -0.25) is 0 Å². The molecular formula is C17H14N2OS. The number of hydrogen-bond acceptors (Lipinski definition) is 2. The van der Waals surface area contributed by atoms with E-state index in [9.17, 15) is 5.11 Å². The molecular weight excluding hydrogens is 280 g/mol. The van der Waals surface area contributed by atoms with Gasteiger partial charge in [0.1, 0.15) is 5.75 Å². The molecule has 0 fully saturated rings. The molecule has 0 radical (unpaired) electrons. The minimum Gasteiger partial charge on any atom is -0.506 e. The van der Waals surface area contributed by atoms with Crippen LogP contribution < -0.4 is 10.6 Å². The number of phenolic OH excluding ortho intramolecular Hbond substituents is 1. The maximum atomic E-state index is 10.1. The van der Waals surface area contributed by atoms with Crippen LogP contribution in [0, 0.1) is 0 Å². The summed E-state index contributed by atoms with van der Waals surface area (Å²) in [5.74, 6) is 0.172. The first-order valence-corrected chi connectivity index (χ1v) is 6.98. The number of hydrogen-bond donors (Lipinski definition) is 3. The molecule has 0 spiro atoms. The standard InChI is InChI=1S/C17H14N2OS/c20-15-11-10-12-6-4-5-9-14(12)16(15)19-17(21)18-13-7-2-1-3-8-13/h1-11,20H,(H2,18,19,21). The van der Waals surface area contributed by atoms with Gasteiger partial charge in [0.25, 0.3) is 0 Å². The second-order valence-electron chi connectivity index (χ2n) is 4.63. The van der Waals surface area contributed by atoms with Crippen LogP contribution in [0.4, 0.5) is 11.4 Å². The van der Waals surface area contributed by atoms with Crippen LogP contribution in [-0.2, 0) is 0 Å². The molecule has 3 nitrogen and oxygen atoms in total. The van der Waals surface area contributed by atoms with Gasteiger partial charge in [0.2, 0.25) is 0 Å². The molecule has 0 unspecified atom stereocenters. The van der Waals surface area contributed by atoms with Crippen LogP contribution in [0.3, 0.4) is 0 Å². The highest BCUT2D eigenvalue weighted by molar-refractivity contribution is 7.80. The third-order valence-corrected chi connectivity index (χ3v) is 3.38. The van der Waals surface area contributed by atoms with Crippen molar-refractivity contribution >= 4 is 39.5 Å². The highest BCUT2D eigenvalue weighted by Crippen LogP contribution is 2.32. The molecule has 21 heavy (non-hydrogen) atoms. The Balaban J connectivity index is 1.88. The fourth-order valence-electron chi connectivity index (χ4n) is 2.19. The summed E-state index contributed by atoms with van der Waals surface area (Å²) in [7, 11) is 0. The number of thiocarbonyl (C=S) groups is 1. The number of phenols is 1. The van der Waals surface area contributed by atoms with Gasteiger partial charge in [-0.2, -0.15) is 0 Å². The van der Waals surface area contributed by atoms with Crippen molar-refractivity contribution in [2.75, 3.05) is 10.6 Å². The maximum absolute atomic E-state index is 10.1. The molecule has 4 heteroatoms. The van der Waals surface area contributed by atoms with Crippen molar-refractivity contribution in [3.8, 4) is 5.75 Å². The Morgan fingerprint density at radius 3 is 2.33 bits per heavy atom. The predicted molar refractivity (Wildman–Crippen MR) is 91.9 cm³/mol. The van der Waals surface area contributed by atoms with Gasteiger partial charge in [-0.1, -0.05) is 48.5 Å². The number of rotatable bonds is 2. The third kappa shape index (κ3) is 2.95. The zero-order chi connectivity index (χ0) is 14.7. The Morgan fingerprint density at radius 2 is 1.52 bits per heavy atom. The maximum Gasteiger partial charge on any atom is 0.175 e. The molecule has 0 atom stereocenters. The van der Waals surface area contributed by atoms with Gasteiger partial charge in [0.05, 0.1) is 5.69 Å². The first-order chi connectivity index (χ1) is 10.2. The van der Waals surface area contributed by atoms with E-state index in [0.717, 1.165) is 16.5 Å². The van der Waals surface area contributed by atoms with Crippen LogP contribution in [0.15, 0.2) is 66.7 Å². The molecule has 0 aliphatic rings. The molecule has 0 aromatic heterocycles. The predicted octanol–water partition coefficient (Wildman–Crippen LogP) is 4.35.